The maximum atomic E-state index is 5.33. The summed E-state index contributed by atoms with van der Waals surface area (Å²) in [5.41, 5.74) is 0.803. The molecule has 3 aromatic rings. The van der Waals surface area contributed by atoms with Crippen LogP contribution < -0.4 is 4.74 Å². The van der Waals surface area contributed by atoms with Crippen LogP contribution in [0.5, 0.6) is 5.75 Å². The quantitative estimate of drug-likeness (QED) is 0.640. The number of hydrogen-bond acceptors (Lipinski definition) is 8. The van der Waals surface area contributed by atoms with E-state index in [1.54, 1.807) is 18.9 Å². The van der Waals surface area contributed by atoms with Crippen molar-refractivity contribution in [3.05, 3.63) is 41.9 Å². The molecule has 7 nitrogen and oxygen atoms in total. The van der Waals surface area contributed by atoms with E-state index in [1.807, 2.05) is 38.1 Å². The van der Waals surface area contributed by atoms with Crippen LogP contribution in [0.2, 0.25) is 0 Å². The molecule has 0 aliphatic heterocycles. The fraction of sp³-hybridized carbons (Fsp3) is 0.375. The van der Waals surface area contributed by atoms with Crippen LogP contribution in [-0.4, -0.2) is 27.4 Å². The average Bonchev–Trinajstić information content (AvgIpc) is 3.29. The zero-order valence-corrected chi connectivity index (χ0v) is 14.5. The van der Waals surface area contributed by atoms with Crippen molar-refractivity contribution in [1.29, 1.82) is 0 Å². The first-order valence-electron chi connectivity index (χ1n) is 7.61. The first-order valence-corrected chi connectivity index (χ1v) is 8.66. The van der Waals surface area contributed by atoms with E-state index >= 15 is 0 Å². The van der Waals surface area contributed by atoms with Crippen molar-refractivity contribution in [3.63, 3.8) is 0 Å². The molecule has 1 atom stereocenters. The molecule has 0 N–H and O–H groups in total. The van der Waals surface area contributed by atoms with Gasteiger partial charge in [-0.25, -0.2) is 0 Å². The summed E-state index contributed by atoms with van der Waals surface area (Å²) in [6, 6.07) is 7.57. The summed E-state index contributed by atoms with van der Waals surface area (Å²) in [5, 5.41) is 8.00. The van der Waals surface area contributed by atoms with E-state index in [-0.39, 0.29) is 5.25 Å². The Morgan fingerprint density at radius 2 is 2.00 bits per heavy atom. The molecular formula is C16H18N4O3S. The van der Waals surface area contributed by atoms with Crippen LogP contribution in [0.25, 0.3) is 11.4 Å². The summed E-state index contributed by atoms with van der Waals surface area (Å²) in [5.74, 6) is 3.66. The average molecular weight is 346 g/mol. The minimum absolute atomic E-state index is 0.0550. The first-order chi connectivity index (χ1) is 11.7. The van der Waals surface area contributed by atoms with E-state index in [0.717, 1.165) is 12.0 Å². The number of nitrogens with zero attached hydrogens (tertiary/aromatic N) is 4. The Kier molecular flexibility index (Phi) is 5.14. The lowest BCUT2D eigenvalue weighted by atomic mass is 10.2. The van der Waals surface area contributed by atoms with E-state index in [9.17, 15) is 0 Å². The smallest absolute Gasteiger partial charge is 0.239 e. The number of aromatic nitrogens is 4. The van der Waals surface area contributed by atoms with Gasteiger partial charge in [-0.15, -0.1) is 11.8 Å². The van der Waals surface area contributed by atoms with Crippen LogP contribution in [0.15, 0.2) is 33.3 Å². The number of hydrogen-bond donors (Lipinski definition) is 0. The van der Waals surface area contributed by atoms with E-state index in [0.29, 0.717) is 34.9 Å². The summed E-state index contributed by atoms with van der Waals surface area (Å²) < 4.78 is 15.9. The molecule has 2 heterocycles. The van der Waals surface area contributed by atoms with Gasteiger partial charge in [0, 0.05) is 6.42 Å². The van der Waals surface area contributed by atoms with E-state index in [1.165, 1.54) is 0 Å². The second kappa shape index (κ2) is 7.48. The normalized spacial score (nSPS) is 12.3. The molecule has 24 heavy (non-hydrogen) atoms. The lowest BCUT2D eigenvalue weighted by Gasteiger charge is -2.03. The van der Waals surface area contributed by atoms with Gasteiger partial charge in [-0.3, -0.25) is 0 Å². The SMILES string of the molecule is CCc1noc(C(C)SCc2nc(-c3ccccc3OC)no2)n1. The number of methoxy groups -OCH3 is 1. The molecule has 0 radical (unpaired) electrons. The number of para-hydroxylation sites is 1. The van der Waals surface area contributed by atoms with Crippen molar-refractivity contribution < 1.29 is 13.8 Å². The largest absolute Gasteiger partial charge is 0.496 e. The van der Waals surface area contributed by atoms with Gasteiger partial charge >= 0.3 is 0 Å². The highest BCUT2D eigenvalue weighted by Gasteiger charge is 2.17. The number of rotatable bonds is 7. The molecule has 1 aromatic carbocycles. The maximum Gasteiger partial charge on any atom is 0.239 e. The third kappa shape index (κ3) is 3.59. The fourth-order valence-electron chi connectivity index (χ4n) is 2.10. The van der Waals surface area contributed by atoms with Gasteiger partial charge in [-0.1, -0.05) is 29.4 Å². The van der Waals surface area contributed by atoms with Gasteiger partial charge in [0.2, 0.25) is 17.6 Å². The molecule has 3 rings (SSSR count). The standard InChI is InChI=1S/C16H18N4O3S/c1-4-13-17-16(23-19-13)10(2)24-9-14-18-15(20-22-14)11-7-5-6-8-12(11)21-3/h5-8,10H,4,9H2,1-3H3. The fourth-order valence-corrected chi connectivity index (χ4v) is 2.84. The second-order valence-electron chi connectivity index (χ2n) is 5.07. The first kappa shape index (κ1) is 16.5. The molecule has 0 spiro atoms. The van der Waals surface area contributed by atoms with Gasteiger partial charge in [0.25, 0.3) is 0 Å². The molecule has 0 fully saturated rings. The summed E-state index contributed by atoms with van der Waals surface area (Å²) in [6.07, 6.45) is 0.757. The number of ether oxygens (including phenoxy) is 1. The molecular weight excluding hydrogens is 328 g/mol. The second-order valence-corrected chi connectivity index (χ2v) is 6.40. The van der Waals surface area contributed by atoms with Gasteiger partial charge in [0.05, 0.1) is 23.7 Å². The highest BCUT2D eigenvalue weighted by Crippen LogP contribution is 2.31. The van der Waals surface area contributed by atoms with Gasteiger partial charge in [0.1, 0.15) is 5.75 Å². The van der Waals surface area contributed by atoms with Crippen LogP contribution in [0, 0.1) is 0 Å². The monoisotopic (exact) mass is 346 g/mol. The van der Waals surface area contributed by atoms with E-state index in [4.69, 9.17) is 13.8 Å². The number of aryl methyl sites for hydroxylation is 1. The predicted molar refractivity (Wildman–Crippen MR) is 89.7 cm³/mol. The molecule has 0 aliphatic carbocycles. The zero-order valence-electron chi connectivity index (χ0n) is 13.7. The van der Waals surface area contributed by atoms with Gasteiger partial charge in [0.15, 0.2) is 5.82 Å². The van der Waals surface area contributed by atoms with Gasteiger partial charge in [-0.2, -0.15) is 9.97 Å². The number of thioether (sulfide) groups is 1. The van der Waals surface area contributed by atoms with Crippen LogP contribution in [0.1, 0.15) is 36.7 Å². The Hall–Kier alpha value is -2.35. The maximum absolute atomic E-state index is 5.33. The lowest BCUT2D eigenvalue weighted by molar-refractivity contribution is 0.374. The van der Waals surface area contributed by atoms with Crippen LogP contribution >= 0.6 is 11.8 Å². The predicted octanol–water partition coefficient (Wildman–Crippen LogP) is 3.69. The Labute approximate surface area is 143 Å². The molecule has 0 aliphatic rings. The van der Waals surface area contributed by atoms with Gasteiger partial charge < -0.3 is 13.8 Å². The Bertz CT molecular complexity index is 802. The van der Waals surface area contributed by atoms with E-state index < -0.39 is 0 Å². The molecule has 2 aromatic heterocycles. The van der Waals surface area contributed by atoms with Crippen molar-refractivity contribution in [3.8, 4) is 17.1 Å². The minimum Gasteiger partial charge on any atom is -0.496 e. The summed E-state index contributed by atoms with van der Waals surface area (Å²) in [6.45, 7) is 4.00. The lowest BCUT2D eigenvalue weighted by Crippen LogP contribution is -1.92. The van der Waals surface area contributed by atoms with Crippen LogP contribution in [0.4, 0.5) is 0 Å². The van der Waals surface area contributed by atoms with Crippen LogP contribution in [-0.2, 0) is 12.2 Å². The molecule has 0 amide bonds. The Morgan fingerprint density at radius 3 is 2.75 bits per heavy atom. The van der Waals surface area contributed by atoms with E-state index in [2.05, 4.69) is 20.3 Å². The third-order valence-corrected chi connectivity index (χ3v) is 4.54. The molecule has 0 bridgehead atoms. The number of benzene rings is 1. The topological polar surface area (TPSA) is 87.1 Å². The molecule has 8 heteroatoms. The van der Waals surface area contributed by atoms with Crippen molar-refractivity contribution in [1.82, 2.24) is 20.3 Å². The van der Waals surface area contributed by atoms with Gasteiger partial charge in [-0.05, 0) is 19.1 Å². The van der Waals surface area contributed by atoms with Crippen molar-refractivity contribution >= 4 is 11.8 Å². The highest BCUT2D eigenvalue weighted by molar-refractivity contribution is 7.98. The van der Waals surface area contributed by atoms with Crippen molar-refractivity contribution in [2.45, 2.75) is 31.3 Å². The summed E-state index contributed by atoms with van der Waals surface area (Å²) >= 11 is 1.60. The third-order valence-electron chi connectivity index (χ3n) is 3.42. The molecule has 0 saturated carbocycles. The Balaban J connectivity index is 1.66. The summed E-state index contributed by atoms with van der Waals surface area (Å²) in [7, 11) is 1.62. The Morgan fingerprint density at radius 1 is 1.17 bits per heavy atom. The molecule has 1 unspecified atom stereocenters. The minimum atomic E-state index is 0.0550. The highest BCUT2D eigenvalue weighted by atomic mass is 32.2. The van der Waals surface area contributed by atoms with Crippen molar-refractivity contribution in [2.75, 3.05) is 7.11 Å². The molecule has 126 valence electrons. The van der Waals surface area contributed by atoms with Crippen LogP contribution in [0.3, 0.4) is 0 Å². The van der Waals surface area contributed by atoms with Crippen molar-refractivity contribution in [2.24, 2.45) is 0 Å². The zero-order chi connectivity index (χ0) is 16.9. The molecule has 0 saturated heterocycles. The summed E-state index contributed by atoms with van der Waals surface area (Å²) in [4.78, 5) is 8.77.